The monoisotopic (exact) mass is 645 g/mol. The summed E-state index contributed by atoms with van der Waals surface area (Å²) < 4.78 is 93.6. The van der Waals surface area contributed by atoms with Gasteiger partial charge in [0.05, 0.1) is 30.1 Å². The number of nitrogens with zero attached hydrogens (tertiary/aromatic N) is 6. The number of aromatic nitrogens is 5. The second-order valence-electron chi connectivity index (χ2n) is 10.7. The molecule has 2 aromatic heterocycles. The number of hydrogen-bond donors (Lipinski definition) is 2. The molecule has 3 aromatic rings. The fourth-order valence-electron chi connectivity index (χ4n) is 4.36. The van der Waals surface area contributed by atoms with Gasteiger partial charge in [0.2, 0.25) is 11.8 Å². The molecule has 1 aromatic carbocycles. The van der Waals surface area contributed by atoms with Crippen LogP contribution in [0.15, 0.2) is 24.7 Å². The van der Waals surface area contributed by atoms with Gasteiger partial charge >= 0.3 is 24.3 Å². The van der Waals surface area contributed by atoms with Crippen molar-refractivity contribution in [3.8, 4) is 45.6 Å². The van der Waals surface area contributed by atoms with Gasteiger partial charge in [-0.1, -0.05) is 0 Å². The topological polar surface area (TPSA) is 162 Å². The van der Waals surface area contributed by atoms with Crippen LogP contribution in [-0.4, -0.2) is 86.3 Å². The number of hydrogen-bond acceptors (Lipinski definition) is 13. The van der Waals surface area contributed by atoms with Crippen molar-refractivity contribution in [2.45, 2.75) is 51.1 Å². The minimum absolute atomic E-state index is 0.0737. The quantitative estimate of drug-likeness (QED) is 0.218. The minimum Gasteiger partial charge on any atom is -0.507 e. The Kier molecular flexibility index (Phi) is 9.04. The molecule has 1 aliphatic heterocycles. The Labute approximate surface area is 250 Å². The molecule has 1 aliphatic rings. The average molecular weight is 646 g/mol. The zero-order chi connectivity index (χ0) is 33.3. The molecule has 0 saturated carbocycles. The highest BCUT2D eigenvalue weighted by Crippen LogP contribution is 2.50. The molecule has 0 amide bonds. The predicted octanol–water partition coefficient (Wildman–Crippen LogP) is 3.61. The second kappa shape index (κ2) is 12.3. The molecule has 1 fully saturated rings. The first kappa shape index (κ1) is 33.1. The molecule has 0 bridgehead atoms. The summed E-state index contributed by atoms with van der Waals surface area (Å²) in [4.78, 5) is 37.3. The van der Waals surface area contributed by atoms with E-state index in [0.717, 1.165) is 25.0 Å². The first-order valence-electron chi connectivity index (χ1n) is 12.9. The lowest BCUT2D eigenvalue weighted by Gasteiger charge is -2.25. The van der Waals surface area contributed by atoms with Crippen molar-refractivity contribution in [2.75, 3.05) is 25.1 Å². The maximum atomic E-state index is 13.3. The Hall–Kier alpha value is -4.81. The van der Waals surface area contributed by atoms with E-state index in [9.17, 15) is 41.0 Å². The molecular weight excluding hydrogens is 620 g/mol. The van der Waals surface area contributed by atoms with E-state index in [-0.39, 0.29) is 23.4 Å². The molecule has 2 N–H and O–H groups in total. The number of aromatic hydroxyl groups is 1. The number of carbonyl (C=O) groups is 2. The molecule has 1 unspecified atom stereocenters. The Bertz CT molecular complexity index is 1580. The summed E-state index contributed by atoms with van der Waals surface area (Å²) in [5, 5.41) is 22.2. The summed E-state index contributed by atoms with van der Waals surface area (Å²) in [5.41, 5.74) is -2.71. The Morgan fingerprint density at radius 3 is 2.13 bits per heavy atom. The molecule has 1 atom stereocenters. The standard InChI is InChI=1S/C26H25F6N7O6/c1-24(2,3)36-12-5-6-39(10-12)23-33-9-15(37-38-23)18-16(40)7-13(14-8-17(43-4)35-11-34-14)19(44-21(41)25(27,28)29)20(18)45-22(42)26(30,31)32/h7-9,11-12,36,40H,5-6,10H2,1-4H3. The van der Waals surface area contributed by atoms with Crippen molar-refractivity contribution in [3.05, 3.63) is 24.7 Å². The van der Waals surface area contributed by atoms with Gasteiger partial charge in [-0.15, -0.1) is 10.2 Å². The molecule has 4 rings (SSSR count). The van der Waals surface area contributed by atoms with Gasteiger partial charge in [0.25, 0.3) is 0 Å². The van der Waals surface area contributed by atoms with Crippen molar-refractivity contribution in [1.29, 1.82) is 0 Å². The molecule has 1 saturated heterocycles. The number of methoxy groups -OCH3 is 1. The minimum atomic E-state index is -5.67. The van der Waals surface area contributed by atoms with Gasteiger partial charge in [0.1, 0.15) is 17.8 Å². The van der Waals surface area contributed by atoms with E-state index in [4.69, 9.17) is 4.74 Å². The van der Waals surface area contributed by atoms with Crippen molar-refractivity contribution in [1.82, 2.24) is 30.5 Å². The van der Waals surface area contributed by atoms with Gasteiger partial charge in [-0.2, -0.15) is 26.3 Å². The highest BCUT2D eigenvalue weighted by Gasteiger charge is 2.45. The number of benzene rings is 1. The number of rotatable bonds is 7. The molecule has 3 heterocycles. The Morgan fingerprint density at radius 2 is 1.58 bits per heavy atom. The third-order valence-electron chi connectivity index (χ3n) is 6.11. The molecule has 0 aliphatic carbocycles. The predicted molar refractivity (Wildman–Crippen MR) is 141 cm³/mol. The summed E-state index contributed by atoms with van der Waals surface area (Å²) in [5.74, 6) is -9.66. The van der Waals surface area contributed by atoms with Crippen LogP contribution in [0.2, 0.25) is 0 Å². The van der Waals surface area contributed by atoms with Gasteiger partial charge in [-0.3, -0.25) is 0 Å². The van der Waals surface area contributed by atoms with E-state index in [1.807, 2.05) is 20.8 Å². The van der Waals surface area contributed by atoms with Crippen LogP contribution in [0.3, 0.4) is 0 Å². The van der Waals surface area contributed by atoms with E-state index in [1.54, 1.807) is 4.90 Å². The van der Waals surface area contributed by atoms with Crippen LogP contribution in [0.5, 0.6) is 23.1 Å². The van der Waals surface area contributed by atoms with E-state index in [1.165, 1.54) is 7.11 Å². The summed E-state index contributed by atoms with van der Waals surface area (Å²) in [7, 11) is 1.17. The van der Waals surface area contributed by atoms with Crippen molar-refractivity contribution >= 4 is 17.9 Å². The van der Waals surface area contributed by atoms with Crippen molar-refractivity contribution < 1.29 is 55.2 Å². The lowest BCUT2D eigenvalue weighted by Crippen LogP contribution is -2.45. The highest BCUT2D eigenvalue weighted by atomic mass is 19.4. The fraction of sp³-hybridized carbons (Fsp3) is 0.423. The second-order valence-corrected chi connectivity index (χ2v) is 10.7. The van der Waals surface area contributed by atoms with Crippen LogP contribution in [0.1, 0.15) is 27.2 Å². The van der Waals surface area contributed by atoms with E-state index < -0.39 is 64.1 Å². The van der Waals surface area contributed by atoms with Crippen LogP contribution < -0.4 is 24.4 Å². The van der Waals surface area contributed by atoms with Crippen molar-refractivity contribution in [3.63, 3.8) is 0 Å². The number of anilines is 1. The van der Waals surface area contributed by atoms with E-state index in [0.29, 0.717) is 19.2 Å². The van der Waals surface area contributed by atoms with E-state index in [2.05, 4.69) is 39.9 Å². The number of carbonyl (C=O) groups excluding carboxylic acids is 2. The average Bonchev–Trinajstić information content (AvgIpc) is 3.40. The zero-order valence-corrected chi connectivity index (χ0v) is 23.9. The Morgan fingerprint density at radius 1 is 0.933 bits per heavy atom. The number of nitrogens with one attached hydrogen (secondary N) is 1. The number of ether oxygens (including phenoxy) is 3. The molecule has 0 radical (unpaired) electrons. The SMILES string of the molecule is COc1cc(-c2cc(O)c(-c3cnc(N4CCC(NC(C)(C)C)C4)nn3)c(OC(=O)C(F)(F)F)c2OC(=O)C(F)(F)F)ncn1. The Balaban J connectivity index is 1.87. The van der Waals surface area contributed by atoms with Crippen molar-refractivity contribution in [2.24, 2.45) is 0 Å². The van der Waals surface area contributed by atoms with Crippen LogP contribution in [0.25, 0.3) is 22.5 Å². The normalized spacial score (nSPS) is 15.6. The van der Waals surface area contributed by atoms with Gasteiger partial charge in [0, 0.05) is 30.7 Å². The lowest BCUT2D eigenvalue weighted by atomic mass is 10.0. The molecular formula is C26H25F6N7O6. The first-order valence-corrected chi connectivity index (χ1v) is 12.9. The maximum Gasteiger partial charge on any atom is 0.491 e. The van der Waals surface area contributed by atoms with Gasteiger partial charge in [-0.05, 0) is 33.3 Å². The number of halogens is 6. The molecule has 13 nitrogen and oxygen atoms in total. The van der Waals surface area contributed by atoms with Crippen LogP contribution in [-0.2, 0) is 9.59 Å². The number of phenolic OH excluding ortho intramolecular Hbond substituents is 1. The molecule has 45 heavy (non-hydrogen) atoms. The number of phenols is 1. The number of esters is 2. The summed E-state index contributed by atoms with van der Waals surface area (Å²) in [6, 6.07) is 1.78. The zero-order valence-electron chi connectivity index (χ0n) is 23.9. The fourth-order valence-corrected chi connectivity index (χ4v) is 4.36. The van der Waals surface area contributed by atoms with E-state index >= 15 is 0 Å². The lowest BCUT2D eigenvalue weighted by molar-refractivity contribution is -0.191. The third-order valence-corrected chi connectivity index (χ3v) is 6.11. The molecule has 19 heteroatoms. The third kappa shape index (κ3) is 7.83. The maximum absolute atomic E-state index is 13.3. The van der Waals surface area contributed by atoms with Crippen LogP contribution in [0.4, 0.5) is 32.3 Å². The van der Waals surface area contributed by atoms with Gasteiger partial charge in [0.15, 0.2) is 11.5 Å². The van der Waals surface area contributed by atoms with Gasteiger partial charge in [-0.25, -0.2) is 24.5 Å². The summed E-state index contributed by atoms with van der Waals surface area (Å²) in [6.45, 7) is 6.97. The summed E-state index contributed by atoms with van der Waals surface area (Å²) in [6.07, 6.45) is -8.79. The highest BCUT2D eigenvalue weighted by molar-refractivity contribution is 5.92. The first-order chi connectivity index (χ1) is 20.9. The molecule has 0 spiro atoms. The van der Waals surface area contributed by atoms with Crippen LogP contribution >= 0.6 is 0 Å². The molecule has 242 valence electrons. The largest absolute Gasteiger partial charge is 0.507 e. The van der Waals surface area contributed by atoms with Gasteiger partial charge < -0.3 is 29.5 Å². The summed E-state index contributed by atoms with van der Waals surface area (Å²) >= 11 is 0. The van der Waals surface area contributed by atoms with Crippen LogP contribution in [0, 0.1) is 0 Å². The smallest absolute Gasteiger partial charge is 0.491 e. The number of alkyl halides is 6.